The lowest BCUT2D eigenvalue weighted by molar-refractivity contribution is -0.125. The summed E-state index contributed by atoms with van der Waals surface area (Å²) in [5, 5.41) is 0. The summed E-state index contributed by atoms with van der Waals surface area (Å²) in [5.41, 5.74) is 1.25. The van der Waals surface area contributed by atoms with Gasteiger partial charge in [0.1, 0.15) is 0 Å². The molecular weight excluding hydrogens is 208 g/mol. The fourth-order valence-electron chi connectivity index (χ4n) is 3.73. The first-order chi connectivity index (χ1) is 7.80. The molecule has 2 aliphatic rings. The monoisotopic (exact) mass is 234 g/mol. The Kier molecular flexibility index (Phi) is 3.00. The SMILES string of the molecule is CC(C)CC/C=C1/C(=O)C2(C)CCC1C2(C)C. The Morgan fingerprint density at radius 3 is 2.47 bits per heavy atom. The number of hydrogen-bond donors (Lipinski definition) is 0. The first-order valence-corrected chi connectivity index (χ1v) is 7.05. The second-order valence-corrected chi connectivity index (χ2v) is 7.10. The zero-order valence-electron chi connectivity index (χ0n) is 12.0. The summed E-state index contributed by atoms with van der Waals surface area (Å²) in [7, 11) is 0. The van der Waals surface area contributed by atoms with E-state index in [1.807, 2.05) is 0 Å². The minimum Gasteiger partial charge on any atom is -0.294 e. The standard InChI is InChI=1S/C16H26O/c1-11(2)7-6-8-12-13-9-10-16(5,14(12)17)15(13,3)4/h8,11,13H,6-7,9-10H2,1-5H3/b12-8+. The molecule has 0 saturated heterocycles. The minimum atomic E-state index is -0.0820. The zero-order valence-corrected chi connectivity index (χ0v) is 12.0. The first kappa shape index (κ1) is 12.9. The average Bonchev–Trinajstić information content (AvgIpc) is 2.52. The van der Waals surface area contributed by atoms with E-state index in [1.54, 1.807) is 0 Å². The van der Waals surface area contributed by atoms with Gasteiger partial charge in [-0.25, -0.2) is 0 Å². The second kappa shape index (κ2) is 3.96. The van der Waals surface area contributed by atoms with Crippen molar-refractivity contribution in [3.8, 4) is 0 Å². The average molecular weight is 234 g/mol. The number of hydrogen-bond acceptors (Lipinski definition) is 1. The lowest BCUT2D eigenvalue weighted by atomic mass is 9.70. The molecule has 17 heavy (non-hydrogen) atoms. The number of rotatable bonds is 3. The van der Waals surface area contributed by atoms with Crippen molar-refractivity contribution in [2.75, 3.05) is 0 Å². The Bertz CT molecular complexity index is 362. The van der Waals surface area contributed by atoms with E-state index >= 15 is 0 Å². The molecule has 0 N–H and O–H groups in total. The van der Waals surface area contributed by atoms with E-state index < -0.39 is 0 Å². The maximum Gasteiger partial charge on any atom is 0.165 e. The van der Waals surface area contributed by atoms with Gasteiger partial charge in [0.2, 0.25) is 0 Å². The molecule has 2 atom stereocenters. The third-order valence-corrected chi connectivity index (χ3v) is 5.47. The van der Waals surface area contributed by atoms with E-state index in [0.29, 0.717) is 11.7 Å². The highest BCUT2D eigenvalue weighted by atomic mass is 16.1. The molecule has 2 unspecified atom stereocenters. The molecule has 2 aliphatic carbocycles. The minimum absolute atomic E-state index is 0.0820. The van der Waals surface area contributed by atoms with Crippen LogP contribution >= 0.6 is 0 Å². The van der Waals surface area contributed by atoms with Crippen molar-refractivity contribution in [3.63, 3.8) is 0 Å². The van der Waals surface area contributed by atoms with Gasteiger partial charge in [-0.3, -0.25) is 4.79 Å². The Morgan fingerprint density at radius 2 is 2.00 bits per heavy atom. The van der Waals surface area contributed by atoms with Crippen LogP contribution in [0.1, 0.15) is 60.3 Å². The van der Waals surface area contributed by atoms with Crippen molar-refractivity contribution in [2.45, 2.75) is 60.3 Å². The smallest absolute Gasteiger partial charge is 0.165 e. The van der Waals surface area contributed by atoms with Crippen molar-refractivity contribution in [1.29, 1.82) is 0 Å². The maximum absolute atomic E-state index is 12.5. The number of carbonyl (C=O) groups excluding carboxylic acids is 1. The summed E-state index contributed by atoms with van der Waals surface area (Å²) in [4.78, 5) is 12.5. The van der Waals surface area contributed by atoms with Crippen molar-refractivity contribution in [2.24, 2.45) is 22.7 Å². The molecule has 1 nitrogen and oxygen atoms in total. The molecule has 2 rings (SSSR count). The molecule has 0 spiro atoms. The Morgan fingerprint density at radius 1 is 1.35 bits per heavy atom. The molecule has 2 fully saturated rings. The molecule has 0 heterocycles. The van der Waals surface area contributed by atoms with Gasteiger partial charge in [0.25, 0.3) is 0 Å². The van der Waals surface area contributed by atoms with Crippen LogP contribution in [0.5, 0.6) is 0 Å². The van der Waals surface area contributed by atoms with Crippen molar-refractivity contribution >= 4 is 5.78 Å². The van der Waals surface area contributed by atoms with Crippen molar-refractivity contribution < 1.29 is 4.79 Å². The van der Waals surface area contributed by atoms with E-state index in [4.69, 9.17) is 0 Å². The molecule has 2 bridgehead atoms. The van der Waals surface area contributed by atoms with Crippen LogP contribution in [-0.4, -0.2) is 5.78 Å². The third-order valence-electron chi connectivity index (χ3n) is 5.47. The quantitative estimate of drug-likeness (QED) is 0.662. The number of Topliss-reactive ketones (excluding diaryl/α,β-unsaturated/α-hetero) is 1. The first-order valence-electron chi connectivity index (χ1n) is 7.05. The highest BCUT2D eigenvalue weighted by molar-refractivity contribution is 6.04. The summed E-state index contributed by atoms with van der Waals surface area (Å²) < 4.78 is 0. The Balaban J connectivity index is 2.20. The highest BCUT2D eigenvalue weighted by Gasteiger charge is 2.63. The largest absolute Gasteiger partial charge is 0.294 e. The molecule has 0 aromatic heterocycles. The second-order valence-electron chi connectivity index (χ2n) is 7.10. The van der Waals surface area contributed by atoms with Gasteiger partial charge in [0.05, 0.1) is 0 Å². The fraction of sp³-hybridized carbons (Fsp3) is 0.812. The van der Waals surface area contributed by atoms with Gasteiger partial charge in [0.15, 0.2) is 5.78 Å². The number of allylic oxidation sites excluding steroid dienone is 2. The summed E-state index contributed by atoms with van der Waals surface area (Å²) in [6.45, 7) is 11.2. The fourth-order valence-corrected chi connectivity index (χ4v) is 3.73. The molecule has 96 valence electrons. The van der Waals surface area contributed by atoms with Crippen LogP contribution in [0.2, 0.25) is 0 Å². The number of ketones is 1. The van der Waals surface area contributed by atoms with Crippen LogP contribution < -0.4 is 0 Å². The van der Waals surface area contributed by atoms with Gasteiger partial charge in [-0.05, 0) is 48.5 Å². The van der Waals surface area contributed by atoms with Crippen LogP contribution in [0.3, 0.4) is 0 Å². The number of fused-ring (bicyclic) bond motifs is 2. The van der Waals surface area contributed by atoms with Gasteiger partial charge < -0.3 is 0 Å². The predicted octanol–water partition coefficient (Wildman–Crippen LogP) is 4.37. The Labute approximate surface area is 106 Å². The zero-order chi connectivity index (χ0) is 12.8. The van der Waals surface area contributed by atoms with Gasteiger partial charge in [0, 0.05) is 5.41 Å². The molecule has 0 aromatic rings. The topological polar surface area (TPSA) is 17.1 Å². The lowest BCUT2D eigenvalue weighted by Crippen LogP contribution is -2.32. The van der Waals surface area contributed by atoms with Gasteiger partial charge in [-0.2, -0.15) is 0 Å². The van der Waals surface area contributed by atoms with E-state index in [1.165, 1.54) is 12.8 Å². The van der Waals surface area contributed by atoms with Crippen LogP contribution in [0.15, 0.2) is 11.6 Å². The lowest BCUT2D eigenvalue weighted by Gasteiger charge is -2.31. The summed E-state index contributed by atoms with van der Waals surface area (Å²) in [6, 6.07) is 0. The van der Waals surface area contributed by atoms with Gasteiger partial charge in [-0.1, -0.05) is 40.7 Å². The molecular formula is C16H26O. The van der Waals surface area contributed by atoms with Crippen molar-refractivity contribution in [3.05, 3.63) is 11.6 Å². The van der Waals surface area contributed by atoms with Crippen molar-refractivity contribution in [1.82, 2.24) is 0 Å². The molecule has 0 aliphatic heterocycles. The van der Waals surface area contributed by atoms with E-state index in [2.05, 4.69) is 40.7 Å². The van der Waals surface area contributed by atoms with E-state index in [9.17, 15) is 4.79 Å². The summed E-state index contributed by atoms with van der Waals surface area (Å²) in [6.07, 6.45) is 6.81. The van der Waals surface area contributed by atoms with E-state index in [0.717, 1.165) is 24.3 Å². The predicted molar refractivity (Wildman–Crippen MR) is 71.8 cm³/mol. The van der Waals surface area contributed by atoms with Crippen LogP contribution in [0, 0.1) is 22.7 Å². The summed E-state index contributed by atoms with van der Waals surface area (Å²) >= 11 is 0. The molecule has 0 aromatic carbocycles. The maximum atomic E-state index is 12.5. The normalized spacial score (nSPS) is 37.4. The molecule has 2 saturated carbocycles. The van der Waals surface area contributed by atoms with Gasteiger partial charge in [-0.15, -0.1) is 0 Å². The highest BCUT2D eigenvalue weighted by Crippen LogP contribution is 2.65. The Hall–Kier alpha value is -0.590. The van der Waals surface area contributed by atoms with Crippen LogP contribution in [-0.2, 0) is 4.79 Å². The third kappa shape index (κ3) is 1.70. The van der Waals surface area contributed by atoms with E-state index in [-0.39, 0.29) is 10.8 Å². The molecule has 1 heteroatoms. The molecule has 0 radical (unpaired) electrons. The van der Waals surface area contributed by atoms with Crippen LogP contribution in [0.4, 0.5) is 0 Å². The summed E-state index contributed by atoms with van der Waals surface area (Å²) in [5.74, 6) is 1.69. The molecule has 0 amide bonds. The van der Waals surface area contributed by atoms with Crippen LogP contribution in [0.25, 0.3) is 0 Å². The number of carbonyl (C=O) groups is 1. The van der Waals surface area contributed by atoms with Gasteiger partial charge >= 0.3 is 0 Å².